The van der Waals surface area contributed by atoms with E-state index in [1.165, 1.54) is 77.3 Å². The summed E-state index contributed by atoms with van der Waals surface area (Å²) in [6.07, 6.45) is 0. The highest BCUT2D eigenvalue weighted by molar-refractivity contribution is 6.54. The molecule has 0 amide bonds. The van der Waals surface area contributed by atoms with Crippen molar-refractivity contribution < 1.29 is 0 Å². The van der Waals surface area contributed by atoms with E-state index in [9.17, 15) is 0 Å². The van der Waals surface area contributed by atoms with Crippen molar-refractivity contribution in [3.8, 4) is 0 Å². The molecule has 4 heteroatoms. The molecule has 0 N–H and O–H groups in total. The van der Waals surface area contributed by atoms with Gasteiger partial charge in [0.05, 0.1) is 37.4 Å². The Balaban J connectivity index is 1.37. The number of benzene rings is 7. The topological polar surface area (TPSA) is 10.9 Å². The molecule has 0 atom stereocenters. The number of aromatic nitrogens is 1. The number of nitrogens with zero attached hydrogens (tertiary/aromatic N) is 3. The first-order valence-corrected chi connectivity index (χ1v) is 18.9. The number of anilines is 6. The molecular weight excluding hydrogens is 599 g/mol. The van der Waals surface area contributed by atoms with Crippen LogP contribution in [0.5, 0.6) is 0 Å². The Morgan fingerprint density at radius 2 is 0.896 bits per heavy atom. The van der Waals surface area contributed by atoms with Gasteiger partial charge in [-0.1, -0.05) is 110 Å². The fourth-order valence-corrected chi connectivity index (χ4v) is 8.73. The number of aryl methyl sites for hydroxylation is 1. The maximum absolute atomic E-state index is 2.51. The molecule has 3 nitrogen and oxygen atoms in total. The molecule has 7 aromatic carbocycles. The second-order valence-corrected chi connectivity index (χ2v) is 14.0. The molecule has 48 heavy (non-hydrogen) atoms. The van der Waals surface area contributed by atoms with Gasteiger partial charge in [0.2, 0.25) is 0 Å². The van der Waals surface area contributed by atoms with Gasteiger partial charge >= 0.3 is 0 Å². The van der Waals surface area contributed by atoms with Crippen LogP contribution in [0.2, 0.25) is 6.55 Å². The zero-order valence-corrected chi connectivity index (χ0v) is 28.6. The molecule has 0 aliphatic carbocycles. The third-order valence-corrected chi connectivity index (χ3v) is 11.2. The van der Waals surface area contributed by atoms with Crippen molar-refractivity contribution in [2.45, 2.75) is 13.5 Å². The Morgan fingerprint density at radius 1 is 0.438 bits per heavy atom. The minimum atomic E-state index is -0.423. The monoisotopic (exact) mass is 633 g/mol. The zero-order chi connectivity index (χ0) is 32.2. The molecule has 0 spiro atoms. The van der Waals surface area contributed by atoms with Crippen LogP contribution in [0.3, 0.4) is 0 Å². The second-order valence-electron chi connectivity index (χ2n) is 12.5. The summed E-state index contributed by atoms with van der Waals surface area (Å²) >= 11 is 0. The normalized spacial score (nSPS) is 11.9. The summed E-state index contributed by atoms with van der Waals surface area (Å²) in [7, 11) is -0.423. The molecule has 230 valence electrons. The third-order valence-electron chi connectivity index (χ3n) is 9.80. The van der Waals surface area contributed by atoms with Gasteiger partial charge in [-0.2, -0.15) is 0 Å². The van der Waals surface area contributed by atoms with Gasteiger partial charge in [0.25, 0.3) is 0 Å². The van der Waals surface area contributed by atoms with Gasteiger partial charge in [0.1, 0.15) is 0 Å². The summed E-state index contributed by atoms with van der Waals surface area (Å²) < 4.78 is 2.51. The molecule has 0 saturated heterocycles. The molecule has 0 aliphatic heterocycles. The molecule has 9 aromatic rings. The summed E-state index contributed by atoms with van der Waals surface area (Å²) in [6.45, 7) is 4.58. The lowest BCUT2D eigenvalue weighted by atomic mass is 10.0. The number of hydrogen-bond acceptors (Lipinski definition) is 2. The van der Waals surface area contributed by atoms with E-state index >= 15 is 0 Å². The van der Waals surface area contributed by atoms with Crippen LogP contribution in [0, 0.1) is 6.92 Å². The summed E-state index contributed by atoms with van der Waals surface area (Å²) in [5.41, 5.74) is 12.1. The molecule has 0 unspecified atom stereocenters. The van der Waals surface area contributed by atoms with Crippen molar-refractivity contribution in [3.63, 3.8) is 0 Å². The highest BCUT2D eigenvalue weighted by atomic mass is 28.2. The van der Waals surface area contributed by atoms with Gasteiger partial charge in [0.15, 0.2) is 0 Å². The van der Waals surface area contributed by atoms with Crippen LogP contribution in [-0.2, 0) is 0 Å². The minimum Gasteiger partial charge on any atom is -0.310 e. The molecule has 0 saturated carbocycles. The average Bonchev–Trinajstić information content (AvgIpc) is 3.67. The molecule has 0 fully saturated rings. The molecule has 9 rings (SSSR count). The fraction of sp³-hybridized carbons (Fsp3) is 0.0455. The first-order chi connectivity index (χ1) is 23.7. The molecule has 2 aromatic heterocycles. The Kier molecular flexibility index (Phi) is 6.77. The van der Waals surface area contributed by atoms with Crippen molar-refractivity contribution in [1.82, 2.24) is 4.40 Å². The van der Waals surface area contributed by atoms with E-state index in [2.05, 4.69) is 191 Å². The highest BCUT2D eigenvalue weighted by Gasteiger charge is 2.26. The van der Waals surface area contributed by atoms with Crippen molar-refractivity contribution in [3.05, 3.63) is 169 Å². The van der Waals surface area contributed by atoms with E-state index in [4.69, 9.17) is 0 Å². The minimum absolute atomic E-state index is 0.423. The Labute approximate surface area is 283 Å². The van der Waals surface area contributed by atoms with E-state index in [0.29, 0.717) is 0 Å². The van der Waals surface area contributed by atoms with Crippen molar-refractivity contribution in [2.75, 3.05) is 9.80 Å². The summed E-state index contributed by atoms with van der Waals surface area (Å²) in [5, 5.41) is 6.54. The van der Waals surface area contributed by atoms with Crippen molar-refractivity contribution in [2.24, 2.45) is 0 Å². The van der Waals surface area contributed by atoms with Crippen LogP contribution in [0.15, 0.2) is 164 Å². The Morgan fingerprint density at radius 3 is 1.46 bits per heavy atom. The number of para-hydroxylation sites is 5. The third kappa shape index (κ3) is 4.26. The lowest BCUT2D eigenvalue weighted by Crippen LogP contribution is -2.22. The fourth-order valence-electron chi connectivity index (χ4n) is 7.72. The van der Waals surface area contributed by atoms with E-state index < -0.39 is 9.52 Å². The number of hydrogen-bond donors (Lipinski definition) is 0. The number of rotatable bonds is 7. The largest absolute Gasteiger partial charge is 0.310 e. The van der Waals surface area contributed by atoms with E-state index in [0.717, 1.165) is 5.69 Å². The van der Waals surface area contributed by atoms with Crippen LogP contribution in [0.1, 0.15) is 5.56 Å². The smallest absolute Gasteiger partial charge is 0.0622 e. The van der Waals surface area contributed by atoms with Crippen LogP contribution >= 0.6 is 0 Å². The predicted octanol–water partition coefficient (Wildman–Crippen LogP) is 10.9. The molecule has 0 radical (unpaired) electrons. The van der Waals surface area contributed by atoms with Gasteiger partial charge in [-0.25, -0.2) is 0 Å². The van der Waals surface area contributed by atoms with Crippen LogP contribution < -0.4 is 15.0 Å². The maximum Gasteiger partial charge on any atom is 0.0622 e. The van der Waals surface area contributed by atoms with Crippen LogP contribution in [0.25, 0.3) is 38.1 Å². The van der Waals surface area contributed by atoms with Crippen molar-refractivity contribution >= 4 is 86.9 Å². The first kappa shape index (κ1) is 28.4. The number of fused-ring (bicyclic) bond motifs is 6. The summed E-state index contributed by atoms with van der Waals surface area (Å²) in [6, 6.07) is 59.7. The second kappa shape index (κ2) is 11.4. The highest BCUT2D eigenvalue weighted by Crippen LogP contribution is 2.49. The SMILES string of the molecule is C[SiH2]c1ccccc1N(c1ccccc1)c1cccc2c1c1cccc3c4c(N(c5ccccc5)c5ccccc5C)cccc4n2c31. The van der Waals surface area contributed by atoms with E-state index in [1.54, 1.807) is 0 Å². The Hall–Kier alpha value is -5.84. The zero-order valence-electron chi connectivity index (χ0n) is 27.1. The lowest BCUT2D eigenvalue weighted by Gasteiger charge is -2.28. The van der Waals surface area contributed by atoms with E-state index in [1.807, 2.05) is 0 Å². The first-order valence-electron chi connectivity index (χ1n) is 16.8. The quantitative estimate of drug-likeness (QED) is 0.162. The van der Waals surface area contributed by atoms with Gasteiger partial charge in [-0.3, -0.25) is 0 Å². The summed E-state index contributed by atoms with van der Waals surface area (Å²) in [5.74, 6) is 0. The summed E-state index contributed by atoms with van der Waals surface area (Å²) in [4.78, 5) is 4.91. The predicted molar refractivity (Wildman–Crippen MR) is 209 cm³/mol. The van der Waals surface area contributed by atoms with Crippen molar-refractivity contribution in [1.29, 1.82) is 0 Å². The Bertz CT molecular complexity index is 2570. The standard InChI is InChI=1S/C44H35N3Si/c1-30-16-9-10-23-35(30)45(31-17-5-3-6-18-31)37-25-14-27-39-42(37)33-21-13-22-34-43-38(26-15-28-40(43)47(39)44(33)34)46(32-19-7-4-8-20-32)36-24-11-12-29-41(36)48-2/h3-29H,48H2,1-2H3. The van der Waals surface area contributed by atoms with E-state index in [-0.39, 0.29) is 0 Å². The maximum atomic E-state index is 2.51. The van der Waals surface area contributed by atoms with Gasteiger partial charge < -0.3 is 14.2 Å². The van der Waals surface area contributed by atoms with Gasteiger partial charge in [-0.05, 0) is 78.3 Å². The molecule has 0 bridgehead atoms. The molecular formula is C44H35N3Si. The molecule has 0 aliphatic rings. The average molecular weight is 634 g/mol. The van der Waals surface area contributed by atoms with Crippen LogP contribution in [0.4, 0.5) is 34.1 Å². The molecule has 2 heterocycles. The lowest BCUT2D eigenvalue weighted by molar-refractivity contribution is 1.26. The van der Waals surface area contributed by atoms with Gasteiger partial charge in [0, 0.05) is 44.3 Å². The van der Waals surface area contributed by atoms with Crippen LogP contribution in [-0.4, -0.2) is 13.9 Å². The van der Waals surface area contributed by atoms with Gasteiger partial charge in [-0.15, -0.1) is 0 Å².